The monoisotopic (exact) mass is 275 g/mol. The van der Waals surface area contributed by atoms with Crippen molar-refractivity contribution in [1.29, 1.82) is 0 Å². The highest BCUT2D eigenvalue weighted by atomic mass is 16.5. The molecule has 0 atom stereocenters. The fraction of sp³-hybridized carbons (Fsp3) is 0.467. The first-order chi connectivity index (χ1) is 9.74. The number of likely N-dealkylation sites (tertiary alicyclic amines) is 1. The maximum atomic E-state index is 12.1. The molecule has 1 heterocycles. The number of para-hydroxylation sites is 1. The van der Waals surface area contributed by atoms with Gasteiger partial charge in [0.15, 0.2) is 0 Å². The van der Waals surface area contributed by atoms with Gasteiger partial charge in [0.05, 0.1) is 12.7 Å². The summed E-state index contributed by atoms with van der Waals surface area (Å²) in [6.07, 6.45) is 1.83. The lowest BCUT2D eigenvalue weighted by molar-refractivity contribution is 0.0951. The van der Waals surface area contributed by atoms with Gasteiger partial charge in [-0.3, -0.25) is 4.79 Å². The van der Waals surface area contributed by atoms with Crippen LogP contribution in [0.25, 0.3) is 0 Å². The number of carbonyl (C=O) groups is 1. The molecule has 20 heavy (non-hydrogen) atoms. The predicted octanol–water partition coefficient (Wildman–Crippen LogP) is 1.90. The quantitative estimate of drug-likeness (QED) is 0.854. The van der Waals surface area contributed by atoms with Crippen molar-refractivity contribution in [3.05, 3.63) is 29.8 Å². The highest BCUT2D eigenvalue weighted by Gasteiger charge is 2.15. The van der Waals surface area contributed by atoms with E-state index in [1.165, 1.54) is 0 Å². The van der Waals surface area contributed by atoms with Crippen LogP contribution in [0, 0.1) is 0 Å². The molecule has 0 saturated carbocycles. The molecule has 0 aliphatic carbocycles. The molecule has 1 saturated heterocycles. The molecule has 1 aliphatic rings. The molecule has 0 aromatic heterocycles. The standard InChI is InChI=1S/C15H21N3O2/c1-3-18-10-8-12(9-11-18)16-17-15(19)13-6-4-5-7-14(13)20-2/h4-7H,3,8-11H2,1-2H3,(H,17,19). The van der Waals surface area contributed by atoms with Crippen LogP contribution in [-0.4, -0.2) is 43.3 Å². The van der Waals surface area contributed by atoms with Crippen LogP contribution in [0.3, 0.4) is 0 Å². The van der Waals surface area contributed by atoms with Gasteiger partial charge >= 0.3 is 0 Å². The Labute approximate surface area is 119 Å². The summed E-state index contributed by atoms with van der Waals surface area (Å²) in [5, 5.41) is 4.24. The number of carbonyl (C=O) groups excluding carboxylic acids is 1. The summed E-state index contributed by atoms with van der Waals surface area (Å²) in [7, 11) is 1.55. The predicted molar refractivity (Wildman–Crippen MR) is 79.2 cm³/mol. The van der Waals surface area contributed by atoms with Crippen LogP contribution in [0.1, 0.15) is 30.1 Å². The van der Waals surface area contributed by atoms with Gasteiger partial charge in [-0.05, 0) is 18.7 Å². The summed E-state index contributed by atoms with van der Waals surface area (Å²) in [5.74, 6) is 0.332. The number of nitrogens with zero attached hydrogens (tertiary/aromatic N) is 2. The van der Waals surface area contributed by atoms with Crippen LogP contribution in [0.5, 0.6) is 5.75 Å². The molecule has 2 rings (SSSR count). The second kappa shape index (κ2) is 7.05. The fourth-order valence-corrected chi connectivity index (χ4v) is 2.26. The van der Waals surface area contributed by atoms with Crippen molar-refractivity contribution in [1.82, 2.24) is 10.3 Å². The lowest BCUT2D eigenvalue weighted by atomic mass is 10.1. The Morgan fingerprint density at radius 2 is 2.05 bits per heavy atom. The van der Waals surface area contributed by atoms with Crippen LogP contribution in [0.2, 0.25) is 0 Å². The van der Waals surface area contributed by atoms with E-state index in [9.17, 15) is 4.79 Å². The molecule has 1 aromatic rings. The van der Waals surface area contributed by atoms with E-state index in [0.717, 1.165) is 38.2 Å². The molecular weight excluding hydrogens is 254 g/mol. The first kappa shape index (κ1) is 14.5. The Kier molecular flexibility index (Phi) is 5.12. The molecule has 1 aliphatic heterocycles. The van der Waals surface area contributed by atoms with Crippen LogP contribution >= 0.6 is 0 Å². The Morgan fingerprint density at radius 1 is 1.35 bits per heavy atom. The van der Waals surface area contributed by atoms with Gasteiger partial charge in [-0.2, -0.15) is 5.10 Å². The number of nitrogens with one attached hydrogen (secondary N) is 1. The molecule has 0 spiro atoms. The van der Waals surface area contributed by atoms with Gasteiger partial charge < -0.3 is 9.64 Å². The van der Waals surface area contributed by atoms with E-state index in [1.807, 2.05) is 12.1 Å². The number of benzene rings is 1. The largest absolute Gasteiger partial charge is 0.496 e. The molecule has 1 aromatic carbocycles. The van der Waals surface area contributed by atoms with Gasteiger partial charge in [-0.1, -0.05) is 19.1 Å². The molecule has 1 fully saturated rings. The summed E-state index contributed by atoms with van der Waals surface area (Å²) in [5.41, 5.74) is 4.19. The van der Waals surface area contributed by atoms with E-state index in [-0.39, 0.29) is 5.91 Å². The molecule has 0 bridgehead atoms. The number of methoxy groups -OCH3 is 1. The van der Waals surface area contributed by atoms with Gasteiger partial charge in [0.2, 0.25) is 0 Å². The highest BCUT2D eigenvalue weighted by molar-refractivity contribution is 5.97. The topological polar surface area (TPSA) is 53.9 Å². The average molecular weight is 275 g/mol. The van der Waals surface area contributed by atoms with E-state index in [0.29, 0.717) is 11.3 Å². The number of hydrazone groups is 1. The maximum absolute atomic E-state index is 12.1. The first-order valence-electron chi connectivity index (χ1n) is 6.95. The van der Waals surface area contributed by atoms with Crippen molar-refractivity contribution >= 4 is 11.6 Å². The lowest BCUT2D eigenvalue weighted by Gasteiger charge is -2.25. The Hall–Kier alpha value is -1.88. The highest BCUT2D eigenvalue weighted by Crippen LogP contribution is 2.16. The number of hydrogen-bond donors (Lipinski definition) is 1. The molecule has 0 radical (unpaired) electrons. The fourth-order valence-electron chi connectivity index (χ4n) is 2.26. The zero-order chi connectivity index (χ0) is 14.4. The van der Waals surface area contributed by atoms with Crippen molar-refractivity contribution in [2.45, 2.75) is 19.8 Å². The van der Waals surface area contributed by atoms with Crippen molar-refractivity contribution in [3.8, 4) is 5.75 Å². The number of amides is 1. The SMILES string of the molecule is CCN1CCC(=NNC(=O)c2ccccc2OC)CC1. The van der Waals surface area contributed by atoms with Gasteiger partial charge in [-0.25, -0.2) is 5.43 Å². The third-order valence-electron chi connectivity index (χ3n) is 3.55. The van der Waals surface area contributed by atoms with E-state index in [4.69, 9.17) is 4.74 Å². The van der Waals surface area contributed by atoms with Crippen LogP contribution in [0.15, 0.2) is 29.4 Å². The number of hydrogen-bond acceptors (Lipinski definition) is 4. The second-order valence-corrected chi connectivity index (χ2v) is 4.75. The molecule has 5 nitrogen and oxygen atoms in total. The average Bonchev–Trinajstić information content (AvgIpc) is 2.53. The Morgan fingerprint density at radius 3 is 2.70 bits per heavy atom. The van der Waals surface area contributed by atoms with Crippen LogP contribution in [-0.2, 0) is 0 Å². The zero-order valence-corrected chi connectivity index (χ0v) is 12.1. The number of piperidine rings is 1. The summed E-state index contributed by atoms with van der Waals surface area (Å²) in [6.45, 7) is 5.26. The van der Waals surface area contributed by atoms with E-state index < -0.39 is 0 Å². The molecule has 1 amide bonds. The Bertz CT molecular complexity index is 490. The molecular formula is C15H21N3O2. The molecule has 5 heteroatoms. The summed E-state index contributed by atoms with van der Waals surface area (Å²) >= 11 is 0. The minimum absolute atomic E-state index is 0.229. The molecule has 108 valence electrons. The van der Waals surface area contributed by atoms with Crippen molar-refractivity contribution in [3.63, 3.8) is 0 Å². The molecule has 1 N–H and O–H groups in total. The third-order valence-corrected chi connectivity index (χ3v) is 3.55. The van der Waals surface area contributed by atoms with Gasteiger partial charge in [0.1, 0.15) is 5.75 Å². The lowest BCUT2D eigenvalue weighted by Crippen LogP contribution is -2.34. The summed E-state index contributed by atoms with van der Waals surface area (Å²) in [6, 6.07) is 7.14. The summed E-state index contributed by atoms with van der Waals surface area (Å²) < 4.78 is 5.17. The number of ether oxygens (including phenoxy) is 1. The number of rotatable bonds is 4. The zero-order valence-electron chi connectivity index (χ0n) is 12.1. The van der Waals surface area contributed by atoms with Crippen LogP contribution < -0.4 is 10.2 Å². The van der Waals surface area contributed by atoms with Crippen molar-refractivity contribution < 1.29 is 9.53 Å². The maximum Gasteiger partial charge on any atom is 0.275 e. The third kappa shape index (κ3) is 3.57. The minimum atomic E-state index is -0.229. The Balaban J connectivity index is 1.95. The van der Waals surface area contributed by atoms with E-state index in [1.54, 1.807) is 19.2 Å². The molecule has 0 unspecified atom stereocenters. The smallest absolute Gasteiger partial charge is 0.275 e. The van der Waals surface area contributed by atoms with E-state index in [2.05, 4.69) is 22.4 Å². The van der Waals surface area contributed by atoms with Gasteiger partial charge in [-0.15, -0.1) is 0 Å². The summed E-state index contributed by atoms with van der Waals surface area (Å²) in [4.78, 5) is 14.5. The van der Waals surface area contributed by atoms with E-state index >= 15 is 0 Å². The van der Waals surface area contributed by atoms with Crippen LogP contribution in [0.4, 0.5) is 0 Å². The van der Waals surface area contributed by atoms with Gasteiger partial charge in [0.25, 0.3) is 5.91 Å². The van der Waals surface area contributed by atoms with Crippen molar-refractivity contribution in [2.75, 3.05) is 26.7 Å². The normalized spacial score (nSPS) is 15.8. The first-order valence-corrected chi connectivity index (χ1v) is 6.95. The second-order valence-electron chi connectivity index (χ2n) is 4.75. The van der Waals surface area contributed by atoms with Crippen molar-refractivity contribution in [2.24, 2.45) is 5.10 Å². The minimum Gasteiger partial charge on any atom is -0.496 e. The van der Waals surface area contributed by atoms with Gasteiger partial charge in [0, 0.05) is 31.6 Å².